The van der Waals surface area contributed by atoms with E-state index < -0.39 is 0 Å². The number of para-hydroxylation sites is 1. The van der Waals surface area contributed by atoms with Gasteiger partial charge in [0.05, 0.1) is 12.2 Å². The van der Waals surface area contributed by atoms with E-state index in [1.165, 1.54) is 0 Å². The number of carbonyl (C=O) groups excluding carboxylic acids is 1. The average Bonchev–Trinajstić information content (AvgIpc) is 3.05. The van der Waals surface area contributed by atoms with Crippen molar-refractivity contribution in [3.63, 3.8) is 0 Å². The monoisotopic (exact) mass is 352 g/mol. The molecule has 0 saturated carbocycles. The number of aromatic amines is 1. The van der Waals surface area contributed by atoms with Crippen molar-refractivity contribution in [2.75, 3.05) is 11.9 Å². The Morgan fingerprint density at radius 3 is 2.80 bits per heavy atom. The van der Waals surface area contributed by atoms with E-state index in [1.807, 2.05) is 54.6 Å². The van der Waals surface area contributed by atoms with E-state index in [0.717, 1.165) is 34.6 Å². The second kappa shape index (κ2) is 6.61. The number of urea groups is 1. The zero-order valence-corrected chi connectivity index (χ0v) is 14.3. The van der Waals surface area contributed by atoms with Crippen molar-refractivity contribution < 1.29 is 4.79 Å². The highest BCUT2D eigenvalue weighted by atomic mass is 35.5. The van der Waals surface area contributed by atoms with Crippen LogP contribution >= 0.6 is 11.6 Å². The van der Waals surface area contributed by atoms with Gasteiger partial charge in [0.1, 0.15) is 0 Å². The van der Waals surface area contributed by atoms with Crippen LogP contribution in [0.25, 0.3) is 11.3 Å². The van der Waals surface area contributed by atoms with Crippen LogP contribution in [0.15, 0.2) is 54.6 Å². The van der Waals surface area contributed by atoms with Gasteiger partial charge in [-0.25, -0.2) is 4.79 Å². The van der Waals surface area contributed by atoms with Crippen molar-refractivity contribution >= 4 is 23.3 Å². The number of amides is 2. The van der Waals surface area contributed by atoms with E-state index in [2.05, 4.69) is 15.5 Å². The van der Waals surface area contributed by atoms with Crippen molar-refractivity contribution in [1.29, 1.82) is 0 Å². The van der Waals surface area contributed by atoms with Crippen LogP contribution in [-0.4, -0.2) is 27.7 Å². The average molecular weight is 353 g/mol. The van der Waals surface area contributed by atoms with Gasteiger partial charge in [-0.15, -0.1) is 0 Å². The Hall–Kier alpha value is -2.79. The molecule has 0 radical (unpaired) electrons. The summed E-state index contributed by atoms with van der Waals surface area (Å²) < 4.78 is 0. The maximum Gasteiger partial charge on any atom is 0.322 e. The first-order valence-electron chi connectivity index (χ1n) is 8.14. The number of aromatic nitrogens is 2. The van der Waals surface area contributed by atoms with Gasteiger partial charge >= 0.3 is 6.03 Å². The van der Waals surface area contributed by atoms with E-state index >= 15 is 0 Å². The summed E-state index contributed by atoms with van der Waals surface area (Å²) >= 11 is 6.10. The van der Waals surface area contributed by atoms with Crippen LogP contribution in [0.2, 0.25) is 5.02 Å². The summed E-state index contributed by atoms with van der Waals surface area (Å²) in [6.07, 6.45) is 0.755. The van der Waals surface area contributed by atoms with E-state index in [4.69, 9.17) is 11.6 Å². The number of hydrogen-bond donors (Lipinski definition) is 2. The quantitative estimate of drug-likeness (QED) is 0.721. The zero-order valence-electron chi connectivity index (χ0n) is 13.5. The smallest absolute Gasteiger partial charge is 0.320 e. The molecule has 2 amide bonds. The standard InChI is InChI=1S/C19H17ClN4O/c20-14-6-4-5-13(11-14)18-16-12-24(10-9-17(16)22-23-18)19(25)21-15-7-2-1-3-8-15/h1-8,11H,9-10,12H2,(H,21,25)(H,22,23). The SMILES string of the molecule is O=C(Nc1ccccc1)N1CCc2[nH]nc(-c3cccc(Cl)c3)c2C1. The number of H-pyrrole nitrogens is 1. The lowest BCUT2D eigenvalue weighted by Gasteiger charge is -2.27. The summed E-state index contributed by atoms with van der Waals surface area (Å²) in [5.41, 5.74) is 4.74. The van der Waals surface area contributed by atoms with Crippen LogP contribution in [0.3, 0.4) is 0 Å². The number of hydrogen-bond acceptors (Lipinski definition) is 2. The summed E-state index contributed by atoms with van der Waals surface area (Å²) in [6.45, 7) is 1.18. The third-order valence-electron chi connectivity index (χ3n) is 4.34. The fraction of sp³-hybridized carbons (Fsp3) is 0.158. The van der Waals surface area contributed by atoms with Gasteiger partial charge in [0.15, 0.2) is 0 Å². The summed E-state index contributed by atoms with van der Waals surface area (Å²) in [5, 5.41) is 11.2. The molecule has 1 aliphatic heterocycles. The Kier molecular flexibility index (Phi) is 4.15. The van der Waals surface area contributed by atoms with Crippen LogP contribution in [-0.2, 0) is 13.0 Å². The largest absolute Gasteiger partial charge is 0.322 e. The maximum atomic E-state index is 12.6. The molecule has 25 heavy (non-hydrogen) atoms. The molecule has 1 aromatic heterocycles. The van der Waals surface area contributed by atoms with Crippen molar-refractivity contribution in [3.05, 3.63) is 70.9 Å². The molecule has 2 N–H and O–H groups in total. The molecule has 0 spiro atoms. The summed E-state index contributed by atoms with van der Waals surface area (Å²) in [5.74, 6) is 0. The molecule has 0 fully saturated rings. The van der Waals surface area contributed by atoms with Gasteiger partial charge < -0.3 is 10.2 Å². The normalized spacial score (nSPS) is 13.4. The lowest BCUT2D eigenvalue weighted by Crippen LogP contribution is -2.38. The molecule has 0 bridgehead atoms. The number of nitrogens with zero attached hydrogens (tertiary/aromatic N) is 2. The minimum atomic E-state index is -0.102. The molecule has 5 nitrogen and oxygen atoms in total. The van der Waals surface area contributed by atoms with Gasteiger partial charge in [0.2, 0.25) is 0 Å². The Morgan fingerprint density at radius 2 is 2.00 bits per heavy atom. The summed E-state index contributed by atoms with van der Waals surface area (Å²) in [4.78, 5) is 14.4. The molecule has 0 atom stereocenters. The fourth-order valence-electron chi connectivity index (χ4n) is 3.07. The highest BCUT2D eigenvalue weighted by molar-refractivity contribution is 6.30. The molecule has 1 aliphatic rings. The minimum Gasteiger partial charge on any atom is -0.320 e. The van der Waals surface area contributed by atoms with Crippen LogP contribution in [0.4, 0.5) is 10.5 Å². The molecule has 0 aliphatic carbocycles. The molecule has 6 heteroatoms. The van der Waals surface area contributed by atoms with E-state index in [1.54, 1.807) is 4.90 Å². The lowest BCUT2D eigenvalue weighted by molar-refractivity contribution is 0.206. The molecular weight excluding hydrogens is 336 g/mol. The predicted octanol–water partition coefficient (Wildman–Crippen LogP) is 4.32. The fourth-order valence-corrected chi connectivity index (χ4v) is 3.26. The number of nitrogens with one attached hydrogen (secondary N) is 2. The molecular formula is C19H17ClN4O. The van der Waals surface area contributed by atoms with Gasteiger partial charge in [-0.2, -0.15) is 5.10 Å². The Bertz CT molecular complexity index is 907. The first-order valence-corrected chi connectivity index (χ1v) is 8.51. The van der Waals surface area contributed by atoms with Gasteiger partial charge in [0, 0.05) is 40.5 Å². The third-order valence-corrected chi connectivity index (χ3v) is 4.58. The first kappa shape index (κ1) is 15.7. The molecule has 0 saturated heterocycles. The van der Waals surface area contributed by atoms with E-state index in [9.17, 15) is 4.79 Å². The van der Waals surface area contributed by atoms with Crippen LogP contribution < -0.4 is 5.32 Å². The number of halogens is 1. The number of fused-ring (bicyclic) bond motifs is 1. The number of carbonyl (C=O) groups is 1. The summed E-state index contributed by atoms with van der Waals surface area (Å²) in [6, 6.07) is 17.0. The topological polar surface area (TPSA) is 61.0 Å². The minimum absolute atomic E-state index is 0.102. The van der Waals surface area contributed by atoms with Crippen molar-refractivity contribution in [2.45, 2.75) is 13.0 Å². The Balaban J connectivity index is 1.56. The summed E-state index contributed by atoms with van der Waals surface area (Å²) in [7, 11) is 0. The van der Waals surface area contributed by atoms with Gasteiger partial charge in [-0.05, 0) is 24.3 Å². The van der Waals surface area contributed by atoms with Crippen molar-refractivity contribution in [1.82, 2.24) is 15.1 Å². The predicted molar refractivity (Wildman–Crippen MR) is 98.6 cm³/mol. The molecule has 2 heterocycles. The van der Waals surface area contributed by atoms with E-state index in [-0.39, 0.29) is 6.03 Å². The Labute approximate surface area is 150 Å². The highest BCUT2D eigenvalue weighted by Gasteiger charge is 2.25. The highest BCUT2D eigenvalue weighted by Crippen LogP contribution is 2.30. The second-order valence-corrected chi connectivity index (χ2v) is 6.44. The zero-order chi connectivity index (χ0) is 17.2. The molecule has 2 aromatic carbocycles. The molecule has 126 valence electrons. The van der Waals surface area contributed by atoms with Gasteiger partial charge in [0.25, 0.3) is 0 Å². The van der Waals surface area contributed by atoms with Crippen molar-refractivity contribution in [2.24, 2.45) is 0 Å². The Morgan fingerprint density at radius 1 is 1.16 bits per heavy atom. The maximum absolute atomic E-state index is 12.6. The number of rotatable bonds is 2. The van der Waals surface area contributed by atoms with Crippen LogP contribution in [0.1, 0.15) is 11.3 Å². The van der Waals surface area contributed by atoms with Crippen LogP contribution in [0.5, 0.6) is 0 Å². The lowest BCUT2D eigenvalue weighted by atomic mass is 10.0. The molecule has 3 aromatic rings. The van der Waals surface area contributed by atoms with Crippen molar-refractivity contribution in [3.8, 4) is 11.3 Å². The second-order valence-electron chi connectivity index (χ2n) is 6.01. The molecule has 0 unspecified atom stereocenters. The number of benzene rings is 2. The molecule has 4 rings (SSSR count). The van der Waals surface area contributed by atoms with Crippen LogP contribution in [0, 0.1) is 0 Å². The number of anilines is 1. The van der Waals surface area contributed by atoms with E-state index in [0.29, 0.717) is 18.1 Å². The van der Waals surface area contributed by atoms with Gasteiger partial charge in [-0.3, -0.25) is 5.10 Å². The van der Waals surface area contributed by atoms with Gasteiger partial charge in [-0.1, -0.05) is 41.9 Å². The third kappa shape index (κ3) is 3.23. The first-order chi connectivity index (χ1) is 12.2.